The van der Waals surface area contributed by atoms with Crippen molar-refractivity contribution < 1.29 is 27.1 Å². The van der Waals surface area contributed by atoms with Gasteiger partial charge in [0.1, 0.15) is 12.4 Å². The van der Waals surface area contributed by atoms with Crippen molar-refractivity contribution >= 4 is 33.3 Å². The van der Waals surface area contributed by atoms with Gasteiger partial charge in [-0.2, -0.15) is 0 Å². The van der Waals surface area contributed by atoms with E-state index in [-0.39, 0.29) is 11.3 Å². The van der Waals surface area contributed by atoms with E-state index < -0.39 is 34.3 Å². The molecule has 0 atom stereocenters. The van der Waals surface area contributed by atoms with E-state index in [4.69, 9.17) is 0 Å². The summed E-state index contributed by atoms with van der Waals surface area (Å²) in [6.45, 7) is 1.22. The number of aryl methyl sites for hydroxylation is 1. The fourth-order valence-corrected chi connectivity index (χ4v) is 3.19. The number of carbonyl (C=O) groups excluding carboxylic acids is 2. The predicted octanol–water partition coefficient (Wildman–Crippen LogP) is 2.33. The van der Waals surface area contributed by atoms with Gasteiger partial charge in [-0.3, -0.25) is 9.10 Å². The van der Waals surface area contributed by atoms with E-state index in [0.29, 0.717) is 11.3 Å². The van der Waals surface area contributed by atoms with Gasteiger partial charge in [0.05, 0.1) is 24.6 Å². The maximum absolute atomic E-state index is 13.1. The van der Waals surface area contributed by atoms with Gasteiger partial charge in [-0.05, 0) is 48.9 Å². The van der Waals surface area contributed by atoms with Gasteiger partial charge in [0, 0.05) is 5.69 Å². The zero-order chi connectivity index (χ0) is 20.2. The Kier molecular flexibility index (Phi) is 6.17. The Balaban J connectivity index is 2.24. The number of methoxy groups -OCH3 is 1. The average molecular weight is 394 g/mol. The van der Waals surface area contributed by atoms with Crippen LogP contribution in [0.2, 0.25) is 0 Å². The Morgan fingerprint density at radius 3 is 2.33 bits per heavy atom. The lowest BCUT2D eigenvalue weighted by molar-refractivity contribution is -0.114. The molecule has 0 fully saturated rings. The fraction of sp³-hybridized carbons (Fsp3) is 0.222. The number of hydrogen-bond acceptors (Lipinski definition) is 5. The number of benzene rings is 2. The van der Waals surface area contributed by atoms with E-state index in [1.165, 1.54) is 25.3 Å². The molecular weight excluding hydrogens is 375 g/mol. The molecule has 0 aliphatic rings. The third-order valence-corrected chi connectivity index (χ3v) is 4.88. The molecular formula is C18H19FN2O5S. The number of ether oxygens (including phenoxy) is 1. The number of nitrogens with one attached hydrogen (secondary N) is 1. The zero-order valence-corrected chi connectivity index (χ0v) is 15.8. The van der Waals surface area contributed by atoms with E-state index in [9.17, 15) is 22.4 Å². The number of amides is 1. The summed E-state index contributed by atoms with van der Waals surface area (Å²) in [5.41, 5.74) is 1.45. The van der Waals surface area contributed by atoms with Crippen molar-refractivity contribution in [1.29, 1.82) is 0 Å². The summed E-state index contributed by atoms with van der Waals surface area (Å²) in [6, 6.07) is 9.39. The van der Waals surface area contributed by atoms with Crippen molar-refractivity contribution in [3.8, 4) is 0 Å². The quantitative estimate of drug-likeness (QED) is 0.759. The Bertz CT molecular complexity index is 958. The van der Waals surface area contributed by atoms with Gasteiger partial charge in [0.25, 0.3) is 0 Å². The largest absolute Gasteiger partial charge is 0.465 e. The summed E-state index contributed by atoms with van der Waals surface area (Å²) >= 11 is 0. The summed E-state index contributed by atoms with van der Waals surface area (Å²) < 4.78 is 42.7. The van der Waals surface area contributed by atoms with Crippen LogP contribution in [-0.2, 0) is 19.6 Å². The standard InChI is InChI=1S/C18H19FN2O5S/c1-12-4-5-13(18(23)26-2)10-16(12)20-17(22)11-21(27(3,24)25)15-8-6-14(19)7-9-15/h4-10H,11H2,1-3H3,(H,20,22). The van der Waals surface area contributed by atoms with Crippen LogP contribution in [0.3, 0.4) is 0 Å². The van der Waals surface area contributed by atoms with Crippen LogP contribution in [0.15, 0.2) is 42.5 Å². The van der Waals surface area contributed by atoms with Gasteiger partial charge in [0.2, 0.25) is 15.9 Å². The molecule has 27 heavy (non-hydrogen) atoms. The highest BCUT2D eigenvalue weighted by Gasteiger charge is 2.21. The molecule has 0 bridgehead atoms. The number of rotatable bonds is 6. The van der Waals surface area contributed by atoms with Gasteiger partial charge >= 0.3 is 5.97 Å². The van der Waals surface area contributed by atoms with Crippen LogP contribution in [-0.4, -0.2) is 40.2 Å². The van der Waals surface area contributed by atoms with Gasteiger partial charge in [-0.1, -0.05) is 6.07 Å². The Morgan fingerprint density at radius 2 is 1.78 bits per heavy atom. The second-order valence-electron chi connectivity index (χ2n) is 5.82. The number of halogens is 1. The van der Waals surface area contributed by atoms with Gasteiger partial charge in [0.15, 0.2) is 0 Å². The van der Waals surface area contributed by atoms with E-state index >= 15 is 0 Å². The summed E-state index contributed by atoms with van der Waals surface area (Å²) in [4.78, 5) is 24.0. The molecule has 2 rings (SSSR count). The summed E-state index contributed by atoms with van der Waals surface area (Å²) in [7, 11) is -2.53. The smallest absolute Gasteiger partial charge is 0.337 e. The first-order chi connectivity index (χ1) is 12.6. The third-order valence-electron chi connectivity index (χ3n) is 3.73. The Hall–Kier alpha value is -2.94. The highest BCUT2D eigenvalue weighted by atomic mass is 32.2. The molecule has 1 amide bonds. The first-order valence-corrected chi connectivity index (χ1v) is 9.68. The number of nitrogens with zero attached hydrogens (tertiary/aromatic N) is 1. The fourth-order valence-electron chi connectivity index (χ4n) is 2.33. The lowest BCUT2D eigenvalue weighted by atomic mass is 10.1. The van der Waals surface area contributed by atoms with E-state index in [2.05, 4.69) is 10.1 Å². The number of sulfonamides is 1. The molecule has 2 aromatic rings. The molecule has 0 spiro atoms. The normalized spacial score (nSPS) is 11.0. The molecule has 0 aliphatic carbocycles. The molecule has 7 nitrogen and oxygen atoms in total. The molecule has 0 radical (unpaired) electrons. The zero-order valence-electron chi connectivity index (χ0n) is 15.0. The number of esters is 1. The van der Waals surface area contributed by atoms with Crippen molar-refractivity contribution in [2.24, 2.45) is 0 Å². The van der Waals surface area contributed by atoms with Crippen LogP contribution in [0.4, 0.5) is 15.8 Å². The molecule has 144 valence electrons. The first-order valence-electron chi connectivity index (χ1n) is 7.84. The third kappa shape index (κ3) is 5.27. The SMILES string of the molecule is COC(=O)c1ccc(C)c(NC(=O)CN(c2ccc(F)cc2)S(C)(=O)=O)c1. The van der Waals surface area contributed by atoms with Gasteiger partial charge < -0.3 is 10.1 Å². The predicted molar refractivity (Wildman–Crippen MR) is 99.7 cm³/mol. The molecule has 0 saturated carbocycles. The molecule has 0 aliphatic heterocycles. The molecule has 0 saturated heterocycles. The van der Waals surface area contributed by atoms with Gasteiger partial charge in [-0.15, -0.1) is 0 Å². The minimum absolute atomic E-state index is 0.161. The summed E-state index contributed by atoms with van der Waals surface area (Å²) in [5, 5.41) is 2.59. The highest BCUT2D eigenvalue weighted by Crippen LogP contribution is 2.20. The van der Waals surface area contributed by atoms with Crippen molar-refractivity contribution in [3.05, 3.63) is 59.4 Å². The van der Waals surface area contributed by atoms with E-state index in [1.54, 1.807) is 19.1 Å². The average Bonchev–Trinajstić information content (AvgIpc) is 2.61. The van der Waals surface area contributed by atoms with Crippen molar-refractivity contribution in [3.63, 3.8) is 0 Å². The minimum Gasteiger partial charge on any atom is -0.465 e. The molecule has 9 heteroatoms. The Morgan fingerprint density at radius 1 is 1.15 bits per heavy atom. The molecule has 0 heterocycles. The lowest BCUT2D eigenvalue weighted by Gasteiger charge is -2.22. The molecule has 0 unspecified atom stereocenters. The number of hydrogen-bond donors (Lipinski definition) is 1. The van der Waals surface area contributed by atoms with Gasteiger partial charge in [-0.25, -0.2) is 17.6 Å². The maximum Gasteiger partial charge on any atom is 0.337 e. The highest BCUT2D eigenvalue weighted by molar-refractivity contribution is 7.92. The second kappa shape index (κ2) is 8.17. The maximum atomic E-state index is 13.1. The van der Waals surface area contributed by atoms with Crippen molar-refractivity contribution in [2.75, 3.05) is 29.5 Å². The van der Waals surface area contributed by atoms with Crippen molar-refractivity contribution in [1.82, 2.24) is 0 Å². The van der Waals surface area contributed by atoms with Crippen LogP contribution in [0.5, 0.6) is 0 Å². The van der Waals surface area contributed by atoms with E-state index in [1.807, 2.05) is 0 Å². The van der Waals surface area contributed by atoms with Crippen LogP contribution in [0.25, 0.3) is 0 Å². The van der Waals surface area contributed by atoms with E-state index in [0.717, 1.165) is 22.7 Å². The second-order valence-corrected chi connectivity index (χ2v) is 7.72. The minimum atomic E-state index is -3.78. The Labute approximate surface area is 156 Å². The summed E-state index contributed by atoms with van der Waals surface area (Å²) in [6.07, 6.45) is 0.951. The van der Waals surface area contributed by atoms with Crippen LogP contribution in [0, 0.1) is 12.7 Å². The molecule has 0 aromatic heterocycles. The molecule has 2 aromatic carbocycles. The first kappa shape index (κ1) is 20.4. The van der Waals surface area contributed by atoms with Crippen LogP contribution in [0.1, 0.15) is 15.9 Å². The molecule has 1 N–H and O–H groups in total. The van der Waals surface area contributed by atoms with Crippen LogP contribution < -0.4 is 9.62 Å². The van der Waals surface area contributed by atoms with Crippen molar-refractivity contribution in [2.45, 2.75) is 6.92 Å². The lowest BCUT2D eigenvalue weighted by Crippen LogP contribution is -2.37. The van der Waals surface area contributed by atoms with Crippen LogP contribution >= 0.6 is 0 Å². The number of anilines is 2. The summed E-state index contributed by atoms with van der Waals surface area (Å²) in [5.74, 6) is -1.70. The topological polar surface area (TPSA) is 92.8 Å². The number of carbonyl (C=O) groups is 2. The monoisotopic (exact) mass is 394 g/mol.